The first-order valence-corrected chi connectivity index (χ1v) is 10.1. The van der Waals surface area contributed by atoms with Crippen LogP contribution in [-0.2, 0) is 24.1 Å². The molecular weight excluding hydrogens is 400 g/mol. The summed E-state index contributed by atoms with van der Waals surface area (Å²) in [6, 6.07) is 7.63. The minimum Gasteiger partial charge on any atom is -0.365 e. The van der Waals surface area contributed by atoms with Gasteiger partial charge in [0.15, 0.2) is 0 Å². The lowest BCUT2D eigenvalue weighted by Crippen LogP contribution is -2.20. The molecule has 3 N–H and O–H groups in total. The van der Waals surface area contributed by atoms with Gasteiger partial charge in [0, 0.05) is 9.35 Å². The maximum absolute atomic E-state index is 12.4. The molecule has 1 aliphatic rings. The molecule has 2 amide bonds. The number of halogens is 1. The van der Waals surface area contributed by atoms with Crippen molar-refractivity contribution < 1.29 is 9.59 Å². The van der Waals surface area contributed by atoms with Gasteiger partial charge >= 0.3 is 0 Å². The average molecular weight is 421 g/mol. The number of rotatable bonds is 5. The number of fused-ring (bicyclic) bond motifs is 1. The molecule has 3 rings (SSSR count). The molecule has 4 nitrogen and oxygen atoms in total. The first-order chi connectivity index (χ1) is 12.0. The van der Waals surface area contributed by atoms with Gasteiger partial charge < -0.3 is 11.1 Å². The van der Waals surface area contributed by atoms with Crippen LogP contribution in [0.5, 0.6) is 0 Å². The van der Waals surface area contributed by atoms with Gasteiger partial charge in [-0.1, -0.05) is 41.4 Å². The number of primary amides is 1. The zero-order valence-corrected chi connectivity index (χ0v) is 16.5. The molecule has 0 saturated carbocycles. The number of amides is 2. The van der Waals surface area contributed by atoms with Crippen molar-refractivity contribution in [2.75, 3.05) is 5.32 Å². The van der Waals surface area contributed by atoms with E-state index in [-0.39, 0.29) is 12.3 Å². The molecular formula is C19H21BrN2O2S. The van der Waals surface area contributed by atoms with Crippen molar-refractivity contribution in [1.82, 2.24) is 0 Å². The Labute approximate surface area is 159 Å². The van der Waals surface area contributed by atoms with Gasteiger partial charge in [-0.2, -0.15) is 0 Å². The standard InChI is InChI=1S/C19H21BrN2O2S/c1-2-11-5-8-14-15(9-11)25-19(17(14)18(21)24)22-16(23)10-12-3-6-13(20)7-4-12/h3-4,6-7,11H,2,5,8-10H2,1H3,(H2,21,24)(H,22,23)/t11-/m0/s1. The molecule has 0 spiro atoms. The van der Waals surface area contributed by atoms with E-state index < -0.39 is 5.91 Å². The van der Waals surface area contributed by atoms with Crippen LogP contribution in [0.2, 0.25) is 0 Å². The molecule has 1 atom stereocenters. The summed E-state index contributed by atoms with van der Waals surface area (Å²) in [5.74, 6) is 0.0695. The smallest absolute Gasteiger partial charge is 0.251 e. The maximum atomic E-state index is 12.4. The second-order valence-electron chi connectivity index (χ2n) is 6.44. The number of nitrogens with one attached hydrogen (secondary N) is 1. The van der Waals surface area contributed by atoms with Crippen molar-refractivity contribution >= 4 is 44.1 Å². The lowest BCUT2D eigenvalue weighted by Gasteiger charge is -2.20. The van der Waals surface area contributed by atoms with Gasteiger partial charge in [0.2, 0.25) is 5.91 Å². The third-order valence-electron chi connectivity index (χ3n) is 4.72. The van der Waals surface area contributed by atoms with E-state index in [2.05, 4.69) is 28.2 Å². The van der Waals surface area contributed by atoms with Gasteiger partial charge in [-0.25, -0.2) is 0 Å². The van der Waals surface area contributed by atoms with Crippen LogP contribution in [0.3, 0.4) is 0 Å². The highest BCUT2D eigenvalue weighted by molar-refractivity contribution is 9.10. The molecule has 0 saturated heterocycles. The SMILES string of the molecule is CC[C@H]1CCc2c(sc(NC(=O)Cc3ccc(Br)cc3)c2C(N)=O)C1. The highest BCUT2D eigenvalue weighted by Crippen LogP contribution is 2.40. The Kier molecular flexibility index (Phi) is 5.59. The van der Waals surface area contributed by atoms with E-state index in [9.17, 15) is 9.59 Å². The van der Waals surface area contributed by atoms with Crippen LogP contribution in [0.15, 0.2) is 28.7 Å². The highest BCUT2D eigenvalue weighted by Gasteiger charge is 2.28. The predicted octanol–water partition coefficient (Wildman–Crippen LogP) is 4.31. The van der Waals surface area contributed by atoms with Crippen molar-refractivity contribution in [3.05, 3.63) is 50.3 Å². The van der Waals surface area contributed by atoms with Crippen LogP contribution in [-0.4, -0.2) is 11.8 Å². The molecule has 2 aromatic rings. The quantitative estimate of drug-likeness (QED) is 0.756. The lowest BCUT2D eigenvalue weighted by atomic mass is 9.85. The van der Waals surface area contributed by atoms with Gasteiger partial charge in [0.25, 0.3) is 5.91 Å². The number of anilines is 1. The summed E-state index contributed by atoms with van der Waals surface area (Å²) in [5, 5.41) is 3.52. The van der Waals surface area contributed by atoms with E-state index in [0.717, 1.165) is 41.3 Å². The normalized spacial score (nSPS) is 16.3. The van der Waals surface area contributed by atoms with E-state index in [1.54, 1.807) is 0 Å². The largest absolute Gasteiger partial charge is 0.365 e. The Bertz CT molecular complexity index is 799. The zero-order valence-electron chi connectivity index (χ0n) is 14.1. The molecule has 25 heavy (non-hydrogen) atoms. The minimum absolute atomic E-state index is 0.129. The van der Waals surface area contributed by atoms with Gasteiger partial charge in [0.05, 0.1) is 12.0 Å². The lowest BCUT2D eigenvalue weighted by molar-refractivity contribution is -0.115. The summed E-state index contributed by atoms with van der Waals surface area (Å²) in [7, 11) is 0. The van der Waals surface area contributed by atoms with E-state index in [0.29, 0.717) is 16.5 Å². The monoisotopic (exact) mass is 420 g/mol. The molecule has 6 heteroatoms. The molecule has 132 valence electrons. The number of hydrogen-bond donors (Lipinski definition) is 2. The van der Waals surface area contributed by atoms with Crippen molar-refractivity contribution in [2.45, 2.75) is 39.0 Å². The number of nitrogens with two attached hydrogens (primary N) is 1. The predicted molar refractivity (Wildman–Crippen MR) is 105 cm³/mol. The maximum Gasteiger partial charge on any atom is 0.251 e. The topological polar surface area (TPSA) is 72.2 Å². The first kappa shape index (κ1) is 18.1. The summed E-state index contributed by atoms with van der Waals surface area (Å²) in [5.41, 5.74) is 8.09. The molecule has 0 unspecified atom stereocenters. The van der Waals surface area contributed by atoms with Gasteiger partial charge in [-0.05, 0) is 48.4 Å². The number of carbonyl (C=O) groups excluding carboxylic acids is 2. The fourth-order valence-corrected chi connectivity index (χ4v) is 4.96. The van der Waals surface area contributed by atoms with Crippen molar-refractivity contribution in [1.29, 1.82) is 0 Å². The summed E-state index contributed by atoms with van der Waals surface area (Å²) in [6.07, 6.45) is 4.32. The van der Waals surface area contributed by atoms with Crippen molar-refractivity contribution in [3.63, 3.8) is 0 Å². The number of benzene rings is 1. The van der Waals surface area contributed by atoms with E-state index in [1.165, 1.54) is 16.2 Å². The van der Waals surface area contributed by atoms with Gasteiger partial charge in [0.1, 0.15) is 5.00 Å². The zero-order chi connectivity index (χ0) is 18.0. The molecule has 0 aliphatic heterocycles. The molecule has 1 aliphatic carbocycles. The summed E-state index contributed by atoms with van der Waals surface area (Å²) in [6.45, 7) is 2.19. The van der Waals surface area contributed by atoms with E-state index in [4.69, 9.17) is 5.73 Å². The van der Waals surface area contributed by atoms with Crippen molar-refractivity contribution in [2.24, 2.45) is 11.7 Å². The summed E-state index contributed by atoms with van der Waals surface area (Å²) < 4.78 is 0.976. The number of hydrogen-bond acceptors (Lipinski definition) is 3. The minimum atomic E-state index is -0.452. The second-order valence-corrected chi connectivity index (χ2v) is 8.46. The van der Waals surface area contributed by atoms with Crippen molar-refractivity contribution in [3.8, 4) is 0 Å². The Balaban J connectivity index is 1.79. The van der Waals surface area contributed by atoms with Crippen LogP contribution in [0.1, 0.15) is 46.1 Å². The fraction of sp³-hybridized carbons (Fsp3) is 0.368. The Hall–Kier alpha value is -1.66. The van der Waals surface area contributed by atoms with Crippen LogP contribution in [0.4, 0.5) is 5.00 Å². The van der Waals surface area contributed by atoms with Crippen LogP contribution < -0.4 is 11.1 Å². The average Bonchev–Trinajstić information content (AvgIpc) is 2.93. The van der Waals surface area contributed by atoms with Crippen LogP contribution >= 0.6 is 27.3 Å². The summed E-state index contributed by atoms with van der Waals surface area (Å²) >= 11 is 4.89. The van der Waals surface area contributed by atoms with Gasteiger partial charge in [-0.3, -0.25) is 9.59 Å². The summed E-state index contributed by atoms with van der Waals surface area (Å²) in [4.78, 5) is 25.6. The second kappa shape index (κ2) is 7.70. The first-order valence-electron chi connectivity index (χ1n) is 8.46. The third-order valence-corrected chi connectivity index (χ3v) is 6.42. The molecule has 1 aromatic heterocycles. The Morgan fingerprint density at radius 1 is 1.32 bits per heavy atom. The number of carbonyl (C=O) groups is 2. The molecule has 1 heterocycles. The Morgan fingerprint density at radius 3 is 2.68 bits per heavy atom. The van der Waals surface area contributed by atoms with Crippen LogP contribution in [0.25, 0.3) is 0 Å². The van der Waals surface area contributed by atoms with Crippen LogP contribution in [0, 0.1) is 5.92 Å². The third kappa shape index (κ3) is 4.12. The fourth-order valence-electron chi connectivity index (χ4n) is 3.31. The highest BCUT2D eigenvalue weighted by atomic mass is 79.9. The van der Waals surface area contributed by atoms with E-state index >= 15 is 0 Å². The van der Waals surface area contributed by atoms with Gasteiger partial charge in [-0.15, -0.1) is 11.3 Å². The van der Waals surface area contributed by atoms with E-state index in [1.807, 2.05) is 24.3 Å². The molecule has 0 fully saturated rings. The molecule has 0 bridgehead atoms. The Morgan fingerprint density at radius 2 is 2.04 bits per heavy atom. The molecule has 0 radical (unpaired) electrons. The molecule has 1 aromatic carbocycles. The number of thiophene rings is 1.